The predicted octanol–water partition coefficient (Wildman–Crippen LogP) is 5.30. The molecule has 6 aromatic rings. The summed E-state index contributed by atoms with van der Waals surface area (Å²) in [6, 6.07) is 19.2. The molecule has 0 radical (unpaired) electrons. The van der Waals surface area contributed by atoms with Gasteiger partial charge in [0, 0.05) is 39.9 Å². The molecule has 0 aliphatic carbocycles. The average molecular weight is 618 g/mol. The van der Waals surface area contributed by atoms with Crippen LogP contribution in [0.2, 0.25) is 0 Å². The number of fused-ring (bicyclic) bond motifs is 2. The number of aromatic nitrogens is 4. The highest BCUT2D eigenvalue weighted by Crippen LogP contribution is 2.27. The number of ether oxygens (including phenoxy) is 1. The summed E-state index contributed by atoms with van der Waals surface area (Å²) in [5, 5.41) is 23.0. The minimum Gasteiger partial charge on any atom is -0.428 e. The summed E-state index contributed by atoms with van der Waals surface area (Å²) in [5.41, 5.74) is 21.7. The van der Waals surface area contributed by atoms with Crippen molar-refractivity contribution in [3.05, 3.63) is 108 Å². The van der Waals surface area contributed by atoms with Gasteiger partial charge in [0.05, 0.1) is 17.0 Å². The van der Waals surface area contributed by atoms with Crippen LogP contribution in [0.5, 0.6) is 0 Å². The number of amidine groups is 1. The van der Waals surface area contributed by atoms with E-state index in [2.05, 4.69) is 24.9 Å². The topological polar surface area (TPSA) is 223 Å². The van der Waals surface area contributed by atoms with Crippen molar-refractivity contribution in [2.24, 2.45) is 10.7 Å². The largest absolute Gasteiger partial charge is 0.428 e. The number of aliphatic imine (C=N–C) groups is 1. The van der Waals surface area contributed by atoms with Gasteiger partial charge in [-0.05, 0) is 48.5 Å². The number of rotatable bonds is 6. The van der Waals surface area contributed by atoms with Crippen molar-refractivity contribution in [1.29, 1.82) is 16.2 Å². The fourth-order valence-electron chi connectivity index (χ4n) is 4.54. The first-order valence-electron chi connectivity index (χ1n) is 13.4. The van der Waals surface area contributed by atoms with E-state index in [-0.39, 0.29) is 35.0 Å². The maximum Gasteiger partial charge on any atom is 0.222 e. The molecule has 4 heterocycles. The molecule has 0 spiro atoms. The van der Waals surface area contributed by atoms with E-state index in [1.165, 1.54) is 36.7 Å². The number of anilines is 2. The summed E-state index contributed by atoms with van der Waals surface area (Å²) in [6.07, 6.45) is 4.40. The SMILES string of the molecule is N=CN=C(N)c1cnc(N)c2nc(-c3cccc(F)c3)ccc12.N=COC(=N)c1cnc(N)c2nc(-c3cccc(F)c3)ccc12. The quantitative estimate of drug-likeness (QED) is 0.106. The molecule has 0 unspecified atom stereocenters. The van der Waals surface area contributed by atoms with E-state index < -0.39 is 0 Å². The van der Waals surface area contributed by atoms with Crippen LogP contribution in [0.3, 0.4) is 0 Å². The van der Waals surface area contributed by atoms with E-state index in [9.17, 15) is 8.78 Å². The highest BCUT2D eigenvalue weighted by atomic mass is 19.1. The zero-order chi connectivity index (χ0) is 32.8. The van der Waals surface area contributed by atoms with Crippen molar-refractivity contribution < 1.29 is 13.5 Å². The summed E-state index contributed by atoms with van der Waals surface area (Å²) >= 11 is 0. The van der Waals surface area contributed by atoms with Gasteiger partial charge in [-0.25, -0.2) is 33.7 Å². The molecule has 0 saturated heterocycles. The molecular weight excluding hydrogens is 592 g/mol. The van der Waals surface area contributed by atoms with Gasteiger partial charge in [0.2, 0.25) is 5.90 Å². The summed E-state index contributed by atoms with van der Waals surface area (Å²) in [6.45, 7) is 0. The Balaban J connectivity index is 0.000000181. The van der Waals surface area contributed by atoms with Crippen LogP contribution in [0, 0.1) is 27.9 Å². The smallest absolute Gasteiger partial charge is 0.222 e. The number of nitrogen functional groups attached to an aromatic ring is 2. The molecule has 9 N–H and O–H groups in total. The minimum atomic E-state index is -0.356. The highest BCUT2D eigenvalue weighted by molar-refractivity contribution is 6.11. The molecule has 228 valence electrons. The Kier molecular flexibility index (Phi) is 8.89. The standard InChI is InChI=1S/C16H13FN6.C16H12FN5O/c17-10-3-1-2-9(6-10)13-5-4-11-12(15(19)22-8-18)7-21-16(20)14(11)23-13;17-10-3-1-2-9(6-10)13-5-4-11-12(16(20)23-8-18)7-21-15(19)14(11)22-13/h1-8H,(H2,20,21)(H3,18,19,22);1-8,18,20H,(H2,19,21). The van der Waals surface area contributed by atoms with Gasteiger partial charge in [0.15, 0.2) is 6.40 Å². The lowest BCUT2D eigenvalue weighted by molar-refractivity contribution is 0.561. The van der Waals surface area contributed by atoms with Crippen LogP contribution in [0.4, 0.5) is 20.4 Å². The molecule has 0 amide bonds. The first kappa shape index (κ1) is 30.7. The fraction of sp³-hybridized carbons (Fsp3) is 0. The van der Waals surface area contributed by atoms with Crippen LogP contribution in [0.15, 0.2) is 90.2 Å². The third kappa shape index (κ3) is 6.45. The van der Waals surface area contributed by atoms with Crippen molar-refractivity contribution in [2.75, 3.05) is 11.5 Å². The van der Waals surface area contributed by atoms with Gasteiger partial charge >= 0.3 is 0 Å². The Labute approximate surface area is 260 Å². The van der Waals surface area contributed by atoms with Crippen molar-refractivity contribution >= 4 is 57.9 Å². The molecule has 6 rings (SSSR count). The molecule has 14 heteroatoms. The lowest BCUT2D eigenvalue weighted by atomic mass is 10.1. The van der Waals surface area contributed by atoms with E-state index in [4.69, 9.17) is 38.2 Å². The molecule has 0 atom stereocenters. The zero-order valence-electron chi connectivity index (χ0n) is 23.9. The molecule has 46 heavy (non-hydrogen) atoms. The third-order valence-electron chi connectivity index (χ3n) is 6.66. The van der Waals surface area contributed by atoms with Crippen LogP contribution in [0.1, 0.15) is 11.1 Å². The normalized spacial score (nSPS) is 11.0. The maximum absolute atomic E-state index is 13.4. The van der Waals surface area contributed by atoms with Crippen LogP contribution < -0.4 is 17.2 Å². The molecule has 0 aliphatic rings. The van der Waals surface area contributed by atoms with Crippen molar-refractivity contribution in [3.8, 4) is 22.5 Å². The molecule has 0 bridgehead atoms. The zero-order valence-corrected chi connectivity index (χ0v) is 23.9. The lowest BCUT2D eigenvalue weighted by Crippen LogP contribution is -2.15. The fourth-order valence-corrected chi connectivity index (χ4v) is 4.54. The van der Waals surface area contributed by atoms with Gasteiger partial charge in [-0.2, -0.15) is 0 Å². The van der Waals surface area contributed by atoms with Gasteiger partial charge in [-0.15, -0.1) is 0 Å². The monoisotopic (exact) mass is 617 g/mol. The summed E-state index contributed by atoms with van der Waals surface area (Å²) < 4.78 is 31.5. The van der Waals surface area contributed by atoms with E-state index in [1.54, 1.807) is 48.5 Å². The molecule has 2 aromatic carbocycles. The number of halogens is 2. The van der Waals surface area contributed by atoms with Crippen LogP contribution >= 0.6 is 0 Å². The summed E-state index contributed by atoms with van der Waals surface area (Å²) in [5.74, 6) is -0.332. The maximum atomic E-state index is 13.4. The van der Waals surface area contributed by atoms with Gasteiger partial charge in [0.1, 0.15) is 46.5 Å². The second kappa shape index (κ2) is 13.3. The van der Waals surface area contributed by atoms with Crippen LogP contribution in [-0.2, 0) is 4.74 Å². The van der Waals surface area contributed by atoms with E-state index >= 15 is 0 Å². The molecular formula is C32H25F2N11O. The Morgan fingerprint density at radius 1 is 0.739 bits per heavy atom. The van der Waals surface area contributed by atoms with Gasteiger partial charge in [-0.1, -0.05) is 24.3 Å². The molecule has 0 saturated carbocycles. The van der Waals surface area contributed by atoms with Crippen molar-refractivity contribution in [1.82, 2.24) is 19.9 Å². The Hall–Kier alpha value is -6.70. The van der Waals surface area contributed by atoms with E-state index in [0.29, 0.717) is 61.8 Å². The average Bonchev–Trinajstić information content (AvgIpc) is 3.05. The number of hydrogen-bond donors (Lipinski definition) is 6. The third-order valence-corrected chi connectivity index (χ3v) is 6.66. The Bertz CT molecular complexity index is 2170. The van der Waals surface area contributed by atoms with E-state index in [1.807, 2.05) is 0 Å². The number of pyridine rings is 4. The summed E-state index contributed by atoms with van der Waals surface area (Å²) in [4.78, 5) is 20.7. The number of benzene rings is 2. The second-order valence-electron chi connectivity index (χ2n) is 9.53. The molecule has 4 aromatic heterocycles. The molecule has 0 aliphatic heterocycles. The van der Waals surface area contributed by atoms with Crippen LogP contribution in [0.25, 0.3) is 44.3 Å². The highest BCUT2D eigenvalue weighted by Gasteiger charge is 2.14. The number of nitrogens with zero attached hydrogens (tertiary/aromatic N) is 5. The predicted molar refractivity (Wildman–Crippen MR) is 175 cm³/mol. The number of nitrogens with two attached hydrogens (primary N) is 3. The Morgan fingerprint density at radius 3 is 1.72 bits per heavy atom. The summed E-state index contributed by atoms with van der Waals surface area (Å²) in [7, 11) is 0. The van der Waals surface area contributed by atoms with Crippen LogP contribution in [-0.4, -0.2) is 44.4 Å². The number of nitrogens with one attached hydrogen (secondary N) is 3. The van der Waals surface area contributed by atoms with Crippen molar-refractivity contribution in [2.45, 2.75) is 0 Å². The first-order valence-corrected chi connectivity index (χ1v) is 13.4. The Morgan fingerprint density at radius 2 is 1.24 bits per heavy atom. The van der Waals surface area contributed by atoms with Crippen molar-refractivity contribution in [3.63, 3.8) is 0 Å². The first-order chi connectivity index (χ1) is 22.2. The molecule has 0 fully saturated rings. The van der Waals surface area contributed by atoms with Gasteiger partial charge in [0.25, 0.3) is 0 Å². The second-order valence-corrected chi connectivity index (χ2v) is 9.53. The van der Waals surface area contributed by atoms with E-state index in [0.717, 1.165) is 6.34 Å². The van der Waals surface area contributed by atoms with Gasteiger partial charge < -0.3 is 21.9 Å². The number of hydrogen-bond acceptors (Lipinski definition) is 10. The lowest BCUT2D eigenvalue weighted by Gasteiger charge is -2.09. The minimum absolute atomic E-state index is 0.151. The molecule has 12 nitrogen and oxygen atoms in total. The van der Waals surface area contributed by atoms with Gasteiger partial charge in [-0.3, -0.25) is 16.2 Å².